The summed E-state index contributed by atoms with van der Waals surface area (Å²) in [7, 11) is 0. The van der Waals surface area contributed by atoms with E-state index in [4.69, 9.17) is 10.6 Å². The van der Waals surface area contributed by atoms with Crippen LogP contribution in [0.4, 0.5) is 5.69 Å². The largest absolute Gasteiger partial charge is 0.494 e. The van der Waals surface area contributed by atoms with Gasteiger partial charge in [0, 0.05) is 0 Å². The first-order valence-electron chi connectivity index (χ1n) is 4.23. The first-order chi connectivity index (χ1) is 7.13. The van der Waals surface area contributed by atoms with E-state index in [1.165, 1.54) is 0 Å². The molecule has 0 aromatic heterocycles. The Morgan fingerprint density at radius 2 is 2.07 bits per heavy atom. The van der Waals surface area contributed by atoms with Crippen molar-refractivity contribution in [3.05, 3.63) is 34.4 Å². The van der Waals surface area contributed by atoms with Crippen molar-refractivity contribution < 1.29 is 14.8 Å². The van der Waals surface area contributed by atoms with E-state index in [0.29, 0.717) is 23.2 Å². The van der Waals surface area contributed by atoms with Crippen LogP contribution in [-0.4, -0.2) is 11.7 Å². The Morgan fingerprint density at radius 3 is 2.53 bits per heavy atom. The smallest absolute Gasteiger partial charge is 0.318 e. The van der Waals surface area contributed by atoms with Crippen molar-refractivity contribution >= 4 is 5.69 Å². The van der Waals surface area contributed by atoms with Crippen molar-refractivity contribution in [3.63, 3.8) is 0 Å². The second-order valence-electron chi connectivity index (χ2n) is 2.56. The number of nitrogens with two attached hydrogens (primary N) is 1. The molecule has 1 rings (SSSR count). The second-order valence-corrected chi connectivity index (χ2v) is 2.56. The van der Waals surface area contributed by atoms with Crippen LogP contribution >= 0.6 is 0 Å². The Hall–Kier alpha value is -2.02. The highest BCUT2D eigenvalue weighted by molar-refractivity contribution is 5.45. The van der Waals surface area contributed by atoms with Crippen LogP contribution in [0.3, 0.4) is 0 Å². The first-order valence-corrected chi connectivity index (χ1v) is 4.23. The third-order valence-corrected chi connectivity index (χ3v) is 1.56. The molecule has 15 heavy (non-hydrogen) atoms. The molecule has 0 saturated heterocycles. The Morgan fingerprint density at radius 1 is 1.47 bits per heavy atom. The summed E-state index contributed by atoms with van der Waals surface area (Å²) in [5.74, 6) is 5.91. The number of nitrogens with zero attached hydrogens (tertiary/aromatic N) is 2. The van der Waals surface area contributed by atoms with Crippen molar-refractivity contribution in [1.82, 2.24) is 0 Å². The lowest BCUT2D eigenvalue weighted by Crippen LogP contribution is -2.33. The lowest BCUT2D eigenvalue weighted by Gasteiger charge is -2.14. The summed E-state index contributed by atoms with van der Waals surface area (Å²) in [6.07, 6.45) is 0. The molecule has 2 N–H and O–H groups in total. The number of anilines is 1. The molecule has 0 unspecified atom stereocenters. The summed E-state index contributed by atoms with van der Waals surface area (Å²) in [6.45, 7) is 2.41. The standard InChI is InChI=1S/C8H11N3O4/c1-2-14-8-5-3-7(4-6-8)10(9)15-11(12)13/h3-6H,2,9H2,1H3. The molecule has 0 atom stereocenters. The van der Waals surface area contributed by atoms with Gasteiger partial charge in [-0.15, -0.1) is 15.3 Å². The Bertz CT molecular complexity index is 327. The molecule has 7 heteroatoms. The van der Waals surface area contributed by atoms with Crippen LogP contribution in [0.15, 0.2) is 24.3 Å². The number of hydrazine groups is 1. The Kier molecular flexibility index (Phi) is 3.69. The molecule has 0 aliphatic heterocycles. The van der Waals surface area contributed by atoms with Gasteiger partial charge in [-0.05, 0) is 31.2 Å². The molecule has 0 spiro atoms. The van der Waals surface area contributed by atoms with E-state index >= 15 is 0 Å². The number of hydrogen-bond acceptors (Lipinski definition) is 6. The quantitative estimate of drug-likeness (QED) is 0.443. The molecule has 0 aliphatic rings. The number of hydrogen-bond donors (Lipinski definition) is 1. The molecule has 0 fully saturated rings. The van der Waals surface area contributed by atoms with Crippen LogP contribution in [-0.2, 0) is 4.94 Å². The van der Waals surface area contributed by atoms with Gasteiger partial charge in [-0.3, -0.25) is 0 Å². The van der Waals surface area contributed by atoms with E-state index in [2.05, 4.69) is 4.94 Å². The van der Waals surface area contributed by atoms with E-state index in [0.717, 1.165) is 0 Å². The third kappa shape index (κ3) is 3.31. The zero-order valence-corrected chi connectivity index (χ0v) is 8.12. The molecule has 0 bridgehead atoms. The molecule has 0 radical (unpaired) electrons. The maximum absolute atomic E-state index is 9.99. The topological polar surface area (TPSA) is 90.9 Å². The van der Waals surface area contributed by atoms with Crippen LogP contribution < -0.4 is 15.8 Å². The summed E-state index contributed by atoms with van der Waals surface area (Å²) in [5, 5.41) is 9.57. The highest BCUT2D eigenvalue weighted by Gasteiger charge is 2.05. The average Bonchev–Trinajstić information content (AvgIpc) is 2.18. The predicted octanol–water partition coefficient (Wildman–Crippen LogP) is 0.889. The number of benzene rings is 1. The summed E-state index contributed by atoms with van der Waals surface area (Å²) in [5.41, 5.74) is 0.357. The summed E-state index contributed by atoms with van der Waals surface area (Å²) in [6, 6.07) is 6.38. The highest BCUT2D eigenvalue weighted by atomic mass is 17.0. The van der Waals surface area contributed by atoms with Crippen molar-refractivity contribution in [1.29, 1.82) is 0 Å². The summed E-state index contributed by atoms with van der Waals surface area (Å²) in [4.78, 5) is 14.0. The summed E-state index contributed by atoms with van der Waals surface area (Å²) < 4.78 is 5.19. The lowest BCUT2D eigenvalue weighted by molar-refractivity contribution is -0.762. The predicted molar refractivity (Wildman–Crippen MR) is 52.4 cm³/mol. The lowest BCUT2D eigenvalue weighted by atomic mass is 10.3. The molecular weight excluding hydrogens is 202 g/mol. The van der Waals surface area contributed by atoms with Crippen molar-refractivity contribution in [3.8, 4) is 5.75 Å². The van der Waals surface area contributed by atoms with Crippen molar-refractivity contribution in [2.45, 2.75) is 6.92 Å². The van der Waals surface area contributed by atoms with E-state index in [9.17, 15) is 10.1 Å². The second kappa shape index (κ2) is 5.01. The van der Waals surface area contributed by atoms with Gasteiger partial charge in [0.05, 0.1) is 12.3 Å². The zero-order valence-electron chi connectivity index (χ0n) is 8.12. The Labute approximate surface area is 86.0 Å². The molecule has 0 amide bonds. The van der Waals surface area contributed by atoms with Crippen LogP contribution in [0, 0.1) is 10.1 Å². The van der Waals surface area contributed by atoms with Crippen LogP contribution in [0.5, 0.6) is 5.75 Å². The van der Waals surface area contributed by atoms with E-state index in [1.807, 2.05) is 6.92 Å². The van der Waals surface area contributed by atoms with E-state index < -0.39 is 5.09 Å². The molecule has 1 aromatic rings. The van der Waals surface area contributed by atoms with Crippen molar-refractivity contribution in [2.75, 3.05) is 11.8 Å². The van der Waals surface area contributed by atoms with Gasteiger partial charge in [0.15, 0.2) is 0 Å². The maximum Gasteiger partial charge on any atom is 0.318 e. The van der Waals surface area contributed by atoms with Gasteiger partial charge in [-0.1, -0.05) is 0 Å². The summed E-state index contributed by atoms with van der Waals surface area (Å²) >= 11 is 0. The number of ether oxygens (including phenoxy) is 1. The van der Waals surface area contributed by atoms with Crippen LogP contribution in [0.25, 0.3) is 0 Å². The monoisotopic (exact) mass is 213 g/mol. The van der Waals surface area contributed by atoms with Gasteiger partial charge in [0.25, 0.3) is 0 Å². The molecule has 0 heterocycles. The highest BCUT2D eigenvalue weighted by Crippen LogP contribution is 2.17. The van der Waals surface area contributed by atoms with Gasteiger partial charge >= 0.3 is 5.09 Å². The minimum Gasteiger partial charge on any atom is -0.494 e. The minimum absolute atomic E-state index is 0.357. The fourth-order valence-electron chi connectivity index (χ4n) is 0.975. The van der Waals surface area contributed by atoms with Crippen LogP contribution in [0.2, 0.25) is 0 Å². The minimum atomic E-state index is -0.990. The average molecular weight is 213 g/mol. The van der Waals surface area contributed by atoms with Gasteiger partial charge in [-0.2, -0.15) is 4.94 Å². The molecule has 82 valence electrons. The van der Waals surface area contributed by atoms with Gasteiger partial charge in [0.2, 0.25) is 0 Å². The molecule has 0 saturated carbocycles. The fourth-order valence-corrected chi connectivity index (χ4v) is 0.975. The molecule has 1 aromatic carbocycles. The van der Waals surface area contributed by atoms with E-state index in [1.54, 1.807) is 24.3 Å². The maximum atomic E-state index is 9.99. The van der Waals surface area contributed by atoms with Gasteiger partial charge < -0.3 is 4.74 Å². The zero-order chi connectivity index (χ0) is 11.3. The van der Waals surface area contributed by atoms with Gasteiger partial charge in [-0.25, -0.2) is 5.84 Å². The Balaban J connectivity index is 2.66. The van der Waals surface area contributed by atoms with E-state index in [-0.39, 0.29) is 0 Å². The molecular formula is C8H11N3O4. The normalized spacial score (nSPS) is 9.47. The number of rotatable bonds is 5. The van der Waals surface area contributed by atoms with Crippen LogP contribution in [0.1, 0.15) is 6.92 Å². The third-order valence-electron chi connectivity index (χ3n) is 1.56. The first kappa shape index (κ1) is 11.1. The van der Waals surface area contributed by atoms with Crippen molar-refractivity contribution in [2.24, 2.45) is 5.84 Å². The molecule has 7 nitrogen and oxygen atoms in total. The fraction of sp³-hybridized carbons (Fsp3) is 0.250. The SMILES string of the molecule is CCOc1ccc(N(N)O[N+](=O)[O-])cc1. The van der Waals surface area contributed by atoms with Gasteiger partial charge in [0.1, 0.15) is 5.75 Å². The molecule has 0 aliphatic carbocycles.